The fourth-order valence-corrected chi connectivity index (χ4v) is 6.77. The number of aromatic amines is 1. The Morgan fingerprint density at radius 3 is 2.55 bits per heavy atom. The van der Waals surface area contributed by atoms with Crippen molar-refractivity contribution in [3.8, 4) is 22.5 Å². The van der Waals surface area contributed by atoms with Gasteiger partial charge in [-0.25, -0.2) is 10.1 Å². The van der Waals surface area contributed by atoms with E-state index >= 15 is 0 Å². The average Bonchev–Trinajstić information content (AvgIpc) is 3.64. The lowest BCUT2D eigenvalue weighted by molar-refractivity contribution is 0.0355. The molecule has 9 nitrogen and oxygen atoms in total. The molecule has 2 aromatic heterocycles. The minimum absolute atomic E-state index is 0.0270. The lowest BCUT2D eigenvalue weighted by atomic mass is 9.83. The van der Waals surface area contributed by atoms with E-state index in [2.05, 4.69) is 81.4 Å². The van der Waals surface area contributed by atoms with Crippen LogP contribution in [0.5, 0.6) is 0 Å². The molecule has 47 heavy (non-hydrogen) atoms. The van der Waals surface area contributed by atoms with Crippen LogP contribution < -0.4 is 10.9 Å². The summed E-state index contributed by atoms with van der Waals surface area (Å²) in [6, 6.07) is 30.3. The van der Waals surface area contributed by atoms with Crippen molar-refractivity contribution in [3.05, 3.63) is 129 Å². The second kappa shape index (κ2) is 13.0. The lowest BCUT2D eigenvalue weighted by Crippen LogP contribution is -2.35. The first-order valence-electron chi connectivity index (χ1n) is 16.4. The summed E-state index contributed by atoms with van der Waals surface area (Å²) in [5, 5.41) is 30.3. The molecule has 6 aromatic rings. The number of nitrogens with one attached hydrogen (secondary N) is 2. The minimum Gasteiger partial charge on any atom is -0.385 e. The molecule has 0 aliphatic carbocycles. The summed E-state index contributed by atoms with van der Waals surface area (Å²) in [7, 11) is 0. The van der Waals surface area contributed by atoms with Crippen LogP contribution in [-0.2, 0) is 25.0 Å². The number of aliphatic hydroxyl groups is 1. The highest BCUT2D eigenvalue weighted by molar-refractivity contribution is 5.80. The van der Waals surface area contributed by atoms with Crippen LogP contribution in [0.15, 0.2) is 95.8 Å². The molecule has 0 fully saturated rings. The van der Waals surface area contributed by atoms with Crippen LogP contribution in [0.25, 0.3) is 33.4 Å². The highest BCUT2D eigenvalue weighted by atomic mass is 16.3. The van der Waals surface area contributed by atoms with Crippen molar-refractivity contribution in [2.45, 2.75) is 64.1 Å². The maximum Gasteiger partial charge on any atom is 0.261 e. The standard InChI is InChI=1S/C38H39N7O2/c1-3-4-13-35-40-33-19-18-28(38(2,47)23-34-30-11-6-5-9-26(30)20-21-39-34)22-32(33)37(46)45(35)24-25-14-16-27(17-15-25)29-10-7-8-12-31(29)36-41-43-44-42-36/h5-12,14-19,22,34,39,47H,3-4,13,20-21,23-24H2,1-2H3,(H,41,42,43,44). The molecular weight excluding hydrogens is 586 g/mol. The van der Waals surface area contributed by atoms with Gasteiger partial charge in [-0.15, -0.1) is 5.10 Å². The number of tetrazole rings is 1. The van der Waals surface area contributed by atoms with Crippen molar-refractivity contribution < 1.29 is 5.11 Å². The van der Waals surface area contributed by atoms with E-state index in [1.165, 1.54) is 11.1 Å². The Kier molecular flexibility index (Phi) is 8.49. The topological polar surface area (TPSA) is 122 Å². The molecule has 4 aromatic carbocycles. The molecule has 3 heterocycles. The first-order valence-corrected chi connectivity index (χ1v) is 16.4. The number of fused-ring (bicyclic) bond motifs is 2. The SMILES string of the molecule is CCCCc1nc2ccc(C(C)(O)CC3NCCc4ccccc43)cc2c(=O)n1Cc1ccc(-c2ccccc2-c2nnn[nH]2)cc1. The molecule has 0 radical (unpaired) electrons. The van der Waals surface area contributed by atoms with E-state index in [1.54, 1.807) is 4.57 Å². The Labute approximate surface area is 273 Å². The van der Waals surface area contributed by atoms with E-state index in [-0.39, 0.29) is 11.6 Å². The van der Waals surface area contributed by atoms with E-state index in [0.717, 1.165) is 53.9 Å². The summed E-state index contributed by atoms with van der Waals surface area (Å²) in [6.45, 7) is 5.26. The summed E-state index contributed by atoms with van der Waals surface area (Å²) in [5.74, 6) is 1.39. The smallest absolute Gasteiger partial charge is 0.261 e. The van der Waals surface area contributed by atoms with E-state index in [9.17, 15) is 9.90 Å². The molecule has 2 unspecified atom stereocenters. The van der Waals surface area contributed by atoms with E-state index in [0.29, 0.717) is 41.7 Å². The number of benzene rings is 4. The summed E-state index contributed by atoms with van der Waals surface area (Å²) in [4.78, 5) is 19.2. The van der Waals surface area contributed by atoms with Gasteiger partial charge in [0, 0.05) is 18.0 Å². The van der Waals surface area contributed by atoms with Crippen LogP contribution in [0.4, 0.5) is 0 Å². The van der Waals surface area contributed by atoms with Gasteiger partial charge in [-0.2, -0.15) is 0 Å². The predicted octanol–water partition coefficient (Wildman–Crippen LogP) is 6.12. The Morgan fingerprint density at radius 1 is 0.979 bits per heavy atom. The monoisotopic (exact) mass is 625 g/mol. The molecular formula is C38H39N7O2. The Hall–Kier alpha value is -4.99. The van der Waals surface area contributed by atoms with Gasteiger partial charge in [0.15, 0.2) is 5.82 Å². The van der Waals surface area contributed by atoms with Gasteiger partial charge in [0.05, 0.1) is 23.0 Å². The number of rotatable bonds is 10. The second-order valence-corrected chi connectivity index (χ2v) is 12.7. The molecule has 0 saturated carbocycles. The minimum atomic E-state index is -1.15. The van der Waals surface area contributed by atoms with Crippen LogP contribution >= 0.6 is 0 Å². The molecule has 1 aliphatic rings. The van der Waals surface area contributed by atoms with Gasteiger partial charge in [-0.3, -0.25) is 9.36 Å². The van der Waals surface area contributed by atoms with Gasteiger partial charge in [0.1, 0.15) is 5.82 Å². The van der Waals surface area contributed by atoms with E-state index in [1.807, 2.05) is 49.4 Å². The van der Waals surface area contributed by atoms with Crippen LogP contribution in [0.1, 0.15) is 67.2 Å². The molecule has 3 N–H and O–H groups in total. The van der Waals surface area contributed by atoms with Gasteiger partial charge in [0.25, 0.3) is 5.56 Å². The highest BCUT2D eigenvalue weighted by Gasteiger charge is 2.31. The number of hydrogen-bond acceptors (Lipinski definition) is 7. The number of nitrogens with zero attached hydrogens (tertiary/aromatic N) is 5. The third kappa shape index (κ3) is 6.24. The number of aromatic nitrogens is 6. The molecule has 0 amide bonds. The number of H-pyrrole nitrogens is 1. The van der Waals surface area contributed by atoms with Crippen molar-refractivity contribution in [2.24, 2.45) is 0 Å². The van der Waals surface area contributed by atoms with Crippen LogP contribution in [0.3, 0.4) is 0 Å². The maximum absolute atomic E-state index is 14.2. The zero-order valence-electron chi connectivity index (χ0n) is 26.8. The zero-order chi connectivity index (χ0) is 32.4. The summed E-state index contributed by atoms with van der Waals surface area (Å²) in [5.41, 5.74) is 6.63. The largest absolute Gasteiger partial charge is 0.385 e. The van der Waals surface area contributed by atoms with E-state index < -0.39 is 5.60 Å². The summed E-state index contributed by atoms with van der Waals surface area (Å²) < 4.78 is 1.80. The lowest BCUT2D eigenvalue weighted by Gasteiger charge is -2.33. The molecule has 0 bridgehead atoms. The van der Waals surface area contributed by atoms with Gasteiger partial charge >= 0.3 is 0 Å². The number of hydrogen-bond donors (Lipinski definition) is 3. The van der Waals surface area contributed by atoms with Gasteiger partial charge in [0.2, 0.25) is 0 Å². The summed E-state index contributed by atoms with van der Waals surface area (Å²) >= 11 is 0. The average molecular weight is 626 g/mol. The molecule has 9 heteroatoms. The Bertz CT molecular complexity index is 2070. The van der Waals surface area contributed by atoms with Gasteiger partial charge < -0.3 is 10.4 Å². The quantitative estimate of drug-likeness (QED) is 0.168. The van der Waals surface area contributed by atoms with Crippen LogP contribution in [0.2, 0.25) is 0 Å². The van der Waals surface area contributed by atoms with Crippen LogP contribution in [0, 0.1) is 0 Å². The highest BCUT2D eigenvalue weighted by Crippen LogP contribution is 2.36. The van der Waals surface area contributed by atoms with Crippen molar-refractivity contribution >= 4 is 10.9 Å². The van der Waals surface area contributed by atoms with Crippen molar-refractivity contribution in [1.82, 2.24) is 35.5 Å². The first-order chi connectivity index (χ1) is 22.9. The fourth-order valence-electron chi connectivity index (χ4n) is 6.77. The Morgan fingerprint density at radius 2 is 1.77 bits per heavy atom. The van der Waals surface area contributed by atoms with Crippen molar-refractivity contribution in [2.75, 3.05) is 6.54 Å². The van der Waals surface area contributed by atoms with Crippen LogP contribution in [-0.4, -0.2) is 41.8 Å². The fraction of sp³-hybridized carbons (Fsp3) is 0.289. The summed E-state index contributed by atoms with van der Waals surface area (Å²) in [6.07, 6.45) is 4.13. The molecule has 2 atom stereocenters. The van der Waals surface area contributed by atoms with E-state index in [4.69, 9.17) is 4.98 Å². The van der Waals surface area contributed by atoms with Crippen molar-refractivity contribution in [1.29, 1.82) is 0 Å². The molecule has 1 aliphatic heterocycles. The first kappa shape index (κ1) is 30.7. The number of unbranched alkanes of at least 4 members (excludes halogenated alkanes) is 1. The molecule has 0 saturated heterocycles. The van der Waals surface area contributed by atoms with Gasteiger partial charge in [-0.05, 0) is 88.7 Å². The number of aryl methyl sites for hydroxylation is 1. The normalized spacial score (nSPS) is 15.8. The van der Waals surface area contributed by atoms with Gasteiger partial charge in [-0.1, -0.05) is 92.2 Å². The Balaban J connectivity index is 1.20. The maximum atomic E-state index is 14.2. The third-order valence-electron chi connectivity index (χ3n) is 9.36. The third-order valence-corrected chi connectivity index (χ3v) is 9.36. The van der Waals surface area contributed by atoms with Crippen molar-refractivity contribution in [3.63, 3.8) is 0 Å². The second-order valence-electron chi connectivity index (χ2n) is 12.7. The molecule has 0 spiro atoms. The predicted molar refractivity (Wildman–Crippen MR) is 184 cm³/mol. The molecule has 7 rings (SSSR count). The molecule has 238 valence electrons. The zero-order valence-corrected chi connectivity index (χ0v) is 26.8.